The van der Waals surface area contributed by atoms with E-state index in [0.717, 1.165) is 0 Å². The first-order chi connectivity index (χ1) is 1.73. The van der Waals surface area contributed by atoms with Crippen LogP contribution in [0, 0.1) is 0 Å². The standard InChI is InChI=1S/3ClH.In.Pd/h3*1H;;/q;;;+3;/p-3. The van der Waals surface area contributed by atoms with E-state index in [1.807, 2.05) is 0 Å². The summed E-state index contributed by atoms with van der Waals surface area (Å²) in [6, 6.07) is 0. The van der Waals surface area contributed by atoms with Crippen molar-refractivity contribution in [1.29, 1.82) is 0 Å². The second-order valence-electron chi connectivity index (χ2n) is 0.247. The molecule has 0 fully saturated rings. The van der Waals surface area contributed by atoms with Crippen LogP contribution in [-0.2, 0) is 20.4 Å². The normalized spacial score (nSPS) is 5.40. The quantitative estimate of drug-likeness (QED) is 0.594. The molecule has 0 nitrogen and oxygen atoms in total. The van der Waals surface area contributed by atoms with Crippen molar-refractivity contribution in [2.75, 3.05) is 0 Å². The molecule has 34 valence electrons. The van der Waals surface area contributed by atoms with E-state index >= 15 is 0 Å². The molecule has 0 aromatic carbocycles. The van der Waals surface area contributed by atoms with Crippen molar-refractivity contribution < 1.29 is 20.4 Å². The molecule has 0 atom stereocenters. The van der Waals surface area contributed by atoms with Crippen LogP contribution in [0.1, 0.15) is 0 Å². The Kier molecular flexibility index (Phi) is 13.3. The zero-order valence-corrected chi connectivity index (χ0v) is 9.15. The Hall–Kier alpha value is 2.40. The zero-order valence-electron chi connectivity index (χ0n) is 2.03. The van der Waals surface area contributed by atoms with Gasteiger partial charge in [-0.15, -0.1) is 0 Å². The van der Waals surface area contributed by atoms with Crippen molar-refractivity contribution in [2.45, 2.75) is 0 Å². The summed E-state index contributed by atoms with van der Waals surface area (Å²) >= 11 is -2.22. The molecule has 0 radical (unpaired) electrons. The van der Waals surface area contributed by atoms with E-state index in [1.165, 1.54) is 0 Å². The van der Waals surface area contributed by atoms with Gasteiger partial charge in [0.25, 0.3) is 0 Å². The van der Waals surface area contributed by atoms with E-state index in [9.17, 15) is 0 Å². The molecule has 0 aromatic heterocycles. The fourth-order valence-electron chi connectivity index (χ4n) is 0. The maximum atomic E-state index is 5.02. The number of rotatable bonds is 0. The van der Waals surface area contributed by atoms with E-state index in [2.05, 4.69) is 0 Å². The van der Waals surface area contributed by atoms with E-state index in [4.69, 9.17) is 25.7 Å². The molecule has 0 bridgehead atoms. The van der Waals surface area contributed by atoms with Gasteiger partial charge in [-0.05, 0) is 0 Å². The van der Waals surface area contributed by atoms with Gasteiger partial charge in [-0.1, -0.05) is 0 Å². The first-order valence-corrected chi connectivity index (χ1v) is 13.2. The van der Waals surface area contributed by atoms with Crippen molar-refractivity contribution >= 4 is 43.6 Å². The third-order valence-corrected chi connectivity index (χ3v) is 0. The molecule has 0 heterocycles. The van der Waals surface area contributed by atoms with Crippen LogP contribution < -0.4 is 0 Å². The Morgan fingerprint density at radius 1 is 1.00 bits per heavy atom. The summed E-state index contributed by atoms with van der Waals surface area (Å²) < 4.78 is 0. The molecule has 0 spiro atoms. The molecule has 0 N–H and O–H groups in total. The molecule has 0 aromatic rings. The van der Waals surface area contributed by atoms with Gasteiger partial charge < -0.3 is 0 Å². The first kappa shape index (κ1) is 10.4. The van der Waals surface area contributed by atoms with Gasteiger partial charge in [-0.3, -0.25) is 0 Å². The third-order valence-electron chi connectivity index (χ3n) is 0. The first-order valence-electron chi connectivity index (χ1n) is 0.655. The maximum Gasteiger partial charge on any atom is 0 e. The topological polar surface area (TPSA) is 0 Å². The minimum Gasteiger partial charge on any atom is 0 e. The second-order valence-corrected chi connectivity index (χ2v) is 14.9. The minimum atomic E-state index is -2.22. The van der Waals surface area contributed by atoms with Crippen molar-refractivity contribution in [3.8, 4) is 0 Å². The molecule has 0 rings (SSSR count). The van der Waals surface area contributed by atoms with Gasteiger partial charge in [-0.25, -0.2) is 0 Å². The van der Waals surface area contributed by atoms with E-state index in [0.29, 0.717) is 0 Å². The maximum absolute atomic E-state index is 5.02. The molecule has 0 saturated heterocycles. The summed E-state index contributed by atoms with van der Waals surface area (Å²) in [7, 11) is 15.0. The molecule has 5 heavy (non-hydrogen) atoms. The van der Waals surface area contributed by atoms with Gasteiger partial charge in [0.15, 0.2) is 0 Å². The SMILES string of the molecule is [Cl][In]([Cl])[Cl].[Pd]. The van der Waals surface area contributed by atoms with Crippen molar-refractivity contribution in [1.82, 2.24) is 0 Å². The van der Waals surface area contributed by atoms with Crippen molar-refractivity contribution in [2.24, 2.45) is 0 Å². The summed E-state index contributed by atoms with van der Waals surface area (Å²) in [6.07, 6.45) is 0. The largest absolute Gasteiger partial charge is 0 e. The average Bonchev–Trinajstić information content (AvgIpc) is 0.811. The molecular weight excluding hydrogens is 328 g/mol. The summed E-state index contributed by atoms with van der Waals surface area (Å²) in [6.45, 7) is 0. The molecule has 0 aliphatic carbocycles. The molecule has 0 unspecified atom stereocenters. The molecule has 0 aliphatic heterocycles. The summed E-state index contributed by atoms with van der Waals surface area (Å²) in [5.74, 6) is 0. The number of hydrogen-bond donors (Lipinski definition) is 0. The predicted octanol–water partition coefficient (Wildman–Crippen LogP) is 1.69. The number of halogens is 3. The fourth-order valence-corrected chi connectivity index (χ4v) is 0. The Morgan fingerprint density at radius 3 is 1.00 bits per heavy atom. The van der Waals surface area contributed by atoms with Crippen molar-refractivity contribution in [3.05, 3.63) is 0 Å². The summed E-state index contributed by atoms with van der Waals surface area (Å²) in [4.78, 5) is 0. The van der Waals surface area contributed by atoms with Gasteiger partial charge in [0, 0.05) is 20.4 Å². The Morgan fingerprint density at radius 2 is 1.00 bits per heavy atom. The van der Waals surface area contributed by atoms with E-state index in [-0.39, 0.29) is 20.4 Å². The monoisotopic (exact) mass is 326 g/mol. The van der Waals surface area contributed by atoms with Crippen LogP contribution in [-0.4, -0.2) is 17.9 Å². The fraction of sp³-hybridized carbons (Fsp3) is 0. The van der Waals surface area contributed by atoms with Crippen LogP contribution in [0.15, 0.2) is 0 Å². The van der Waals surface area contributed by atoms with Crippen LogP contribution in [0.4, 0.5) is 0 Å². The van der Waals surface area contributed by atoms with Gasteiger partial charge >= 0.3 is 43.6 Å². The Bertz CT molecular complexity index is 11.6. The second kappa shape index (κ2) is 6.40. The zero-order chi connectivity index (χ0) is 3.58. The Labute approximate surface area is 63.1 Å². The van der Waals surface area contributed by atoms with Crippen LogP contribution in [0.5, 0.6) is 0 Å². The molecular formula is Cl3InPd. The Balaban J connectivity index is 0. The molecule has 0 amide bonds. The molecule has 5 heteroatoms. The third kappa shape index (κ3) is 21.5. The van der Waals surface area contributed by atoms with Crippen LogP contribution in [0.3, 0.4) is 0 Å². The van der Waals surface area contributed by atoms with E-state index < -0.39 is 17.9 Å². The summed E-state index contributed by atoms with van der Waals surface area (Å²) in [5, 5.41) is 0. The predicted molar refractivity (Wildman–Crippen MR) is 23.3 cm³/mol. The van der Waals surface area contributed by atoms with Crippen LogP contribution in [0.25, 0.3) is 0 Å². The smallest absolute Gasteiger partial charge is 0 e. The molecule has 0 aliphatic rings. The van der Waals surface area contributed by atoms with Gasteiger partial charge in [0.05, 0.1) is 0 Å². The van der Waals surface area contributed by atoms with Crippen LogP contribution in [0.2, 0.25) is 0 Å². The van der Waals surface area contributed by atoms with Crippen molar-refractivity contribution in [3.63, 3.8) is 0 Å². The molecule has 0 saturated carbocycles. The van der Waals surface area contributed by atoms with Crippen LogP contribution >= 0.6 is 25.7 Å². The number of hydrogen-bond acceptors (Lipinski definition) is 0. The van der Waals surface area contributed by atoms with Gasteiger partial charge in [0.2, 0.25) is 0 Å². The van der Waals surface area contributed by atoms with Gasteiger partial charge in [0.1, 0.15) is 0 Å². The van der Waals surface area contributed by atoms with Gasteiger partial charge in [-0.2, -0.15) is 0 Å². The summed E-state index contributed by atoms with van der Waals surface area (Å²) in [5.41, 5.74) is 0. The minimum absolute atomic E-state index is 0. The average molecular weight is 328 g/mol. The van der Waals surface area contributed by atoms with E-state index in [1.54, 1.807) is 0 Å².